The van der Waals surface area contributed by atoms with E-state index in [1.165, 1.54) is 6.20 Å². The molecule has 0 fully saturated rings. The number of anilines is 2. The minimum absolute atomic E-state index is 0.254. The number of pyridine rings is 1. The highest BCUT2D eigenvalue weighted by molar-refractivity contribution is 9.10. The zero-order valence-corrected chi connectivity index (χ0v) is 18.1. The number of carbonyl (C=O) groups excluding carboxylic acids is 2. The molecule has 1 heterocycles. The molecule has 7 nitrogen and oxygen atoms in total. The van der Waals surface area contributed by atoms with Gasteiger partial charge in [0.1, 0.15) is 11.7 Å². The monoisotopic (exact) mass is 485 g/mol. The fourth-order valence-electron chi connectivity index (χ4n) is 2.57. The highest BCUT2D eigenvalue weighted by Gasteiger charge is 2.16. The molecule has 3 aromatic rings. The van der Waals surface area contributed by atoms with E-state index in [2.05, 4.69) is 36.9 Å². The first kappa shape index (κ1) is 21.5. The SMILES string of the molecule is CNC(=N)c1ccc(C(=O)Nc2ccc(Br)cc2C(=O)Nc2ccc(Cl)cn2)cc1. The maximum absolute atomic E-state index is 12.8. The van der Waals surface area contributed by atoms with Gasteiger partial charge in [-0.1, -0.05) is 39.7 Å². The number of nitrogens with one attached hydrogen (secondary N) is 4. The van der Waals surface area contributed by atoms with Crippen molar-refractivity contribution in [1.82, 2.24) is 10.3 Å². The summed E-state index contributed by atoms with van der Waals surface area (Å²) in [7, 11) is 1.66. The van der Waals surface area contributed by atoms with Gasteiger partial charge in [-0.25, -0.2) is 4.98 Å². The Bertz CT molecular complexity index is 1100. The topological polar surface area (TPSA) is 107 Å². The van der Waals surface area contributed by atoms with Crippen molar-refractivity contribution in [3.63, 3.8) is 0 Å². The molecule has 0 radical (unpaired) electrons. The number of hydrogen-bond donors (Lipinski definition) is 4. The number of halogens is 2. The summed E-state index contributed by atoms with van der Waals surface area (Å²) in [6.45, 7) is 0. The molecule has 0 saturated carbocycles. The lowest BCUT2D eigenvalue weighted by atomic mass is 10.1. The van der Waals surface area contributed by atoms with Crippen LogP contribution in [0.2, 0.25) is 5.02 Å². The van der Waals surface area contributed by atoms with Gasteiger partial charge in [-0.15, -0.1) is 0 Å². The maximum atomic E-state index is 12.8. The molecule has 2 amide bonds. The van der Waals surface area contributed by atoms with Crippen molar-refractivity contribution in [2.45, 2.75) is 0 Å². The number of carbonyl (C=O) groups is 2. The van der Waals surface area contributed by atoms with Crippen molar-refractivity contribution in [3.05, 3.63) is 87.0 Å². The Labute approximate surface area is 186 Å². The summed E-state index contributed by atoms with van der Waals surface area (Å²) in [4.78, 5) is 29.5. The number of hydrogen-bond acceptors (Lipinski definition) is 4. The molecule has 0 saturated heterocycles. The molecule has 9 heteroatoms. The minimum atomic E-state index is -0.431. The van der Waals surface area contributed by atoms with E-state index in [-0.39, 0.29) is 17.3 Å². The fraction of sp³-hybridized carbons (Fsp3) is 0.0476. The van der Waals surface area contributed by atoms with E-state index >= 15 is 0 Å². The van der Waals surface area contributed by atoms with Gasteiger partial charge in [0.25, 0.3) is 11.8 Å². The van der Waals surface area contributed by atoms with Crippen LogP contribution in [-0.4, -0.2) is 29.7 Å². The standard InChI is InChI=1S/C21H17BrClN5O2/c1-25-19(24)12-2-4-13(5-3-12)20(29)27-17-8-6-14(22)10-16(17)21(30)28-18-9-7-15(23)11-26-18/h2-11H,1H3,(H2,24,25)(H,27,29)(H,26,28,30). The molecule has 2 aromatic carbocycles. The quantitative estimate of drug-likeness (QED) is 0.313. The second-order valence-electron chi connectivity index (χ2n) is 6.16. The average molecular weight is 487 g/mol. The van der Waals surface area contributed by atoms with E-state index in [4.69, 9.17) is 17.0 Å². The van der Waals surface area contributed by atoms with Crippen LogP contribution >= 0.6 is 27.5 Å². The smallest absolute Gasteiger partial charge is 0.258 e. The third-order valence-electron chi connectivity index (χ3n) is 4.13. The van der Waals surface area contributed by atoms with Gasteiger partial charge in [0.05, 0.1) is 16.3 Å². The molecule has 0 aliphatic carbocycles. The Balaban J connectivity index is 1.80. The third kappa shape index (κ3) is 5.22. The fourth-order valence-corrected chi connectivity index (χ4v) is 3.05. The first-order chi connectivity index (χ1) is 14.4. The van der Waals surface area contributed by atoms with Gasteiger partial charge in [-0.2, -0.15) is 0 Å². The summed E-state index contributed by atoms with van der Waals surface area (Å²) in [5.74, 6) is -0.216. The molecule has 0 bridgehead atoms. The summed E-state index contributed by atoms with van der Waals surface area (Å²) >= 11 is 9.17. The van der Waals surface area contributed by atoms with E-state index < -0.39 is 5.91 Å². The van der Waals surface area contributed by atoms with Crippen LogP contribution in [0.5, 0.6) is 0 Å². The van der Waals surface area contributed by atoms with Crippen LogP contribution in [0, 0.1) is 5.41 Å². The summed E-state index contributed by atoms with van der Waals surface area (Å²) in [5, 5.41) is 16.4. The maximum Gasteiger partial charge on any atom is 0.258 e. The molecular formula is C21H17BrClN5O2. The molecule has 0 atom stereocenters. The van der Waals surface area contributed by atoms with E-state index in [0.717, 1.165) is 0 Å². The van der Waals surface area contributed by atoms with E-state index in [1.54, 1.807) is 61.6 Å². The van der Waals surface area contributed by atoms with Crippen molar-refractivity contribution in [2.75, 3.05) is 17.7 Å². The number of amides is 2. The second kappa shape index (κ2) is 9.51. The molecular weight excluding hydrogens is 470 g/mol. The van der Waals surface area contributed by atoms with E-state index in [9.17, 15) is 9.59 Å². The Morgan fingerprint density at radius 2 is 1.67 bits per heavy atom. The number of amidine groups is 1. The lowest BCUT2D eigenvalue weighted by Gasteiger charge is -2.12. The van der Waals surface area contributed by atoms with E-state index in [0.29, 0.717) is 32.1 Å². The molecule has 0 aliphatic rings. The normalized spacial score (nSPS) is 10.2. The highest BCUT2D eigenvalue weighted by atomic mass is 79.9. The van der Waals surface area contributed by atoms with Gasteiger partial charge >= 0.3 is 0 Å². The predicted octanol–water partition coefficient (Wildman–Crippen LogP) is 4.55. The van der Waals surface area contributed by atoms with Crippen molar-refractivity contribution in [3.8, 4) is 0 Å². The van der Waals surface area contributed by atoms with Gasteiger partial charge in [0.2, 0.25) is 0 Å². The number of benzene rings is 2. The molecule has 1 aromatic heterocycles. The third-order valence-corrected chi connectivity index (χ3v) is 4.85. The molecule has 0 aliphatic heterocycles. The van der Waals surface area contributed by atoms with Crippen LogP contribution < -0.4 is 16.0 Å². The van der Waals surface area contributed by atoms with Gasteiger partial charge in [0.15, 0.2) is 0 Å². The second-order valence-corrected chi connectivity index (χ2v) is 7.51. The lowest BCUT2D eigenvalue weighted by molar-refractivity contribution is 0.102. The first-order valence-corrected chi connectivity index (χ1v) is 9.95. The van der Waals surface area contributed by atoms with Crippen LogP contribution in [0.15, 0.2) is 65.3 Å². The Hall–Kier alpha value is -3.23. The summed E-state index contributed by atoms with van der Waals surface area (Å²) < 4.78 is 0.685. The van der Waals surface area contributed by atoms with Crippen molar-refractivity contribution in [2.24, 2.45) is 0 Å². The summed E-state index contributed by atoms with van der Waals surface area (Å²) in [5.41, 5.74) is 1.68. The van der Waals surface area contributed by atoms with Gasteiger partial charge in [-0.3, -0.25) is 15.0 Å². The van der Waals surface area contributed by atoms with Gasteiger partial charge in [-0.05, 0) is 42.5 Å². The highest BCUT2D eigenvalue weighted by Crippen LogP contribution is 2.23. The number of aromatic nitrogens is 1. The van der Waals surface area contributed by atoms with Crippen LogP contribution in [0.3, 0.4) is 0 Å². The molecule has 0 spiro atoms. The largest absolute Gasteiger partial charge is 0.373 e. The zero-order valence-electron chi connectivity index (χ0n) is 15.8. The van der Waals surface area contributed by atoms with Gasteiger partial charge in [0, 0.05) is 28.8 Å². The molecule has 0 unspecified atom stereocenters. The Morgan fingerprint density at radius 1 is 0.967 bits per heavy atom. The van der Waals surface area contributed by atoms with Crippen LogP contribution in [-0.2, 0) is 0 Å². The van der Waals surface area contributed by atoms with Crippen molar-refractivity contribution < 1.29 is 9.59 Å². The van der Waals surface area contributed by atoms with Crippen molar-refractivity contribution >= 4 is 56.7 Å². The first-order valence-electron chi connectivity index (χ1n) is 8.78. The minimum Gasteiger partial charge on any atom is -0.373 e. The van der Waals surface area contributed by atoms with Crippen molar-refractivity contribution in [1.29, 1.82) is 5.41 Å². The Kier molecular flexibility index (Phi) is 6.81. The van der Waals surface area contributed by atoms with Crippen LogP contribution in [0.4, 0.5) is 11.5 Å². The summed E-state index contributed by atoms with van der Waals surface area (Å²) in [6.07, 6.45) is 1.43. The zero-order chi connectivity index (χ0) is 21.7. The molecule has 4 N–H and O–H groups in total. The number of nitrogens with zero attached hydrogens (tertiary/aromatic N) is 1. The van der Waals surface area contributed by atoms with Crippen LogP contribution in [0.1, 0.15) is 26.3 Å². The average Bonchev–Trinajstić information content (AvgIpc) is 2.76. The van der Waals surface area contributed by atoms with E-state index in [1.807, 2.05) is 0 Å². The molecule has 30 heavy (non-hydrogen) atoms. The summed E-state index contributed by atoms with van der Waals surface area (Å²) in [6, 6.07) is 14.8. The molecule has 3 rings (SSSR count). The lowest BCUT2D eigenvalue weighted by Crippen LogP contribution is -2.20. The Morgan fingerprint density at radius 3 is 2.30 bits per heavy atom. The van der Waals surface area contributed by atoms with Crippen LogP contribution in [0.25, 0.3) is 0 Å². The molecule has 152 valence electrons. The van der Waals surface area contributed by atoms with Gasteiger partial charge < -0.3 is 16.0 Å². The number of rotatable bonds is 5. The predicted molar refractivity (Wildman–Crippen MR) is 122 cm³/mol.